The minimum atomic E-state index is 0. The lowest BCUT2D eigenvalue weighted by atomic mass is 9.80. The van der Waals surface area contributed by atoms with E-state index in [0.717, 1.165) is 36.2 Å². The summed E-state index contributed by atoms with van der Waals surface area (Å²) >= 11 is 3.45. The highest BCUT2D eigenvalue weighted by Gasteiger charge is 2.32. The molecule has 6 heteroatoms. The summed E-state index contributed by atoms with van der Waals surface area (Å²) in [4.78, 5) is 2.58. The van der Waals surface area contributed by atoms with E-state index in [-0.39, 0.29) is 24.8 Å². The van der Waals surface area contributed by atoms with Crippen LogP contribution in [0.4, 0.5) is 0 Å². The number of piperazine rings is 1. The van der Waals surface area contributed by atoms with E-state index in [1.54, 1.807) is 0 Å². The van der Waals surface area contributed by atoms with Crippen LogP contribution in [0.25, 0.3) is 0 Å². The fourth-order valence-electron chi connectivity index (χ4n) is 3.93. The van der Waals surface area contributed by atoms with Gasteiger partial charge in [0.2, 0.25) is 0 Å². The molecule has 3 rings (SSSR count). The molecule has 2 N–H and O–H groups in total. The zero-order valence-electron chi connectivity index (χ0n) is 13.3. The molecule has 1 atom stereocenters. The van der Waals surface area contributed by atoms with E-state index < -0.39 is 0 Å². The van der Waals surface area contributed by atoms with E-state index in [1.165, 1.54) is 32.1 Å². The van der Waals surface area contributed by atoms with Crippen LogP contribution < -0.4 is 5.32 Å². The van der Waals surface area contributed by atoms with E-state index >= 15 is 0 Å². The third kappa shape index (κ3) is 5.23. The van der Waals surface area contributed by atoms with Gasteiger partial charge in [0.15, 0.2) is 0 Å². The zero-order valence-corrected chi connectivity index (χ0v) is 16.6. The quantitative estimate of drug-likeness (QED) is 0.746. The monoisotopic (exact) mass is 424 g/mol. The van der Waals surface area contributed by atoms with Gasteiger partial charge in [-0.3, -0.25) is 4.90 Å². The van der Waals surface area contributed by atoms with Crippen LogP contribution >= 0.6 is 40.7 Å². The summed E-state index contributed by atoms with van der Waals surface area (Å²) in [6.07, 6.45) is 6.64. The van der Waals surface area contributed by atoms with Crippen molar-refractivity contribution >= 4 is 40.7 Å². The van der Waals surface area contributed by atoms with Crippen LogP contribution in [-0.4, -0.2) is 36.2 Å². The molecule has 0 radical (unpaired) electrons. The molecule has 0 unspecified atom stereocenters. The molecule has 1 saturated heterocycles. The Labute approximate surface area is 160 Å². The van der Waals surface area contributed by atoms with Gasteiger partial charge < -0.3 is 10.4 Å². The molecule has 1 aromatic carbocycles. The van der Waals surface area contributed by atoms with Crippen molar-refractivity contribution in [1.82, 2.24) is 10.2 Å². The van der Waals surface area contributed by atoms with Crippen molar-refractivity contribution < 1.29 is 5.11 Å². The average Bonchev–Trinajstić information content (AvgIpc) is 2.52. The van der Waals surface area contributed by atoms with Gasteiger partial charge in [0.1, 0.15) is 5.75 Å². The molecule has 0 aromatic heterocycles. The van der Waals surface area contributed by atoms with Crippen LogP contribution in [0.2, 0.25) is 0 Å². The molecule has 1 aliphatic heterocycles. The third-order valence-corrected chi connectivity index (χ3v) is 5.45. The van der Waals surface area contributed by atoms with Crippen molar-refractivity contribution in [3.63, 3.8) is 0 Å². The van der Waals surface area contributed by atoms with Gasteiger partial charge >= 0.3 is 0 Å². The Morgan fingerprint density at radius 3 is 2.35 bits per heavy atom. The van der Waals surface area contributed by atoms with Gasteiger partial charge in [-0.1, -0.05) is 41.3 Å². The van der Waals surface area contributed by atoms with Crippen LogP contribution in [-0.2, 0) is 0 Å². The summed E-state index contributed by atoms with van der Waals surface area (Å²) in [5.74, 6) is 1.13. The minimum Gasteiger partial charge on any atom is -0.508 e. The molecule has 1 heterocycles. The predicted molar refractivity (Wildman–Crippen MR) is 104 cm³/mol. The Morgan fingerprint density at radius 1 is 1.09 bits per heavy atom. The maximum Gasteiger partial charge on any atom is 0.121 e. The molecule has 3 nitrogen and oxygen atoms in total. The van der Waals surface area contributed by atoms with Crippen molar-refractivity contribution in [3.05, 3.63) is 28.2 Å². The molecule has 132 valence electrons. The van der Waals surface area contributed by atoms with Crippen LogP contribution in [0.15, 0.2) is 22.7 Å². The Morgan fingerprint density at radius 2 is 1.74 bits per heavy atom. The molecule has 0 amide bonds. The highest BCUT2D eigenvalue weighted by Crippen LogP contribution is 2.42. The highest BCUT2D eigenvalue weighted by molar-refractivity contribution is 9.10. The molecular weight excluding hydrogens is 399 g/mol. The largest absolute Gasteiger partial charge is 0.508 e. The number of phenols is 1. The summed E-state index contributed by atoms with van der Waals surface area (Å²) in [5.41, 5.74) is 1.12. The lowest BCUT2D eigenvalue weighted by molar-refractivity contribution is 0.101. The Hall–Kier alpha value is -0.0000000000000000971. The van der Waals surface area contributed by atoms with Gasteiger partial charge in [-0.05, 0) is 30.9 Å². The molecule has 23 heavy (non-hydrogen) atoms. The van der Waals surface area contributed by atoms with Crippen molar-refractivity contribution in [2.75, 3.05) is 26.2 Å². The first kappa shape index (κ1) is 21.0. The number of hydrogen-bond donors (Lipinski definition) is 2. The van der Waals surface area contributed by atoms with Gasteiger partial charge in [-0.25, -0.2) is 0 Å². The first-order chi connectivity index (χ1) is 10.3. The van der Waals surface area contributed by atoms with Crippen molar-refractivity contribution in [3.8, 4) is 5.75 Å². The minimum absolute atomic E-state index is 0. The topological polar surface area (TPSA) is 35.5 Å². The Balaban J connectivity index is 0.00000132. The SMILES string of the molecule is Cl.Cl.Oc1cc(Br)ccc1[C@H](C1CCCCC1)N1CCNCC1. The Bertz CT molecular complexity index is 460. The fraction of sp³-hybridized carbons (Fsp3) is 0.647. The maximum atomic E-state index is 10.5. The number of benzene rings is 1. The normalized spacial score (nSPS) is 21.1. The van der Waals surface area contributed by atoms with E-state index in [4.69, 9.17) is 0 Å². The van der Waals surface area contributed by atoms with E-state index in [0.29, 0.717) is 17.7 Å². The van der Waals surface area contributed by atoms with Crippen LogP contribution in [0.5, 0.6) is 5.75 Å². The number of nitrogens with zero attached hydrogens (tertiary/aromatic N) is 1. The average molecular weight is 426 g/mol. The first-order valence-electron chi connectivity index (χ1n) is 8.19. The summed E-state index contributed by atoms with van der Waals surface area (Å²) < 4.78 is 0.950. The lowest BCUT2D eigenvalue weighted by Crippen LogP contribution is -2.47. The number of phenolic OH excluding ortho intramolecular Hbond substituents is 1. The van der Waals surface area contributed by atoms with Crippen LogP contribution in [0.3, 0.4) is 0 Å². The number of halogens is 3. The zero-order chi connectivity index (χ0) is 14.7. The predicted octanol–water partition coefficient (Wildman–Crippen LogP) is 4.52. The van der Waals surface area contributed by atoms with Gasteiger partial charge in [-0.2, -0.15) is 0 Å². The number of hydrogen-bond acceptors (Lipinski definition) is 3. The number of rotatable bonds is 3. The smallest absolute Gasteiger partial charge is 0.121 e. The summed E-state index contributed by atoms with van der Waals surface area (Å²) in [6.45, 7) is 4.27. The third-order valence-electron chi connectivity index (χ3n) is 4.95. The second-order valence-corrected chi connectivity index (χ2v) is 7.25. The second-order valence-electron chi connectivity index (χ2n) is 6.33. The molecule has 0 bridgehead atoms. The molecule has 1 aromatic rings. The first-order valence-corrected chi connectivity index (χ1v) is 8.98. The molecular formula is C17H27BrCl2N2O. The fourth-order valence-corrected chi connectivity index (χ4v) is 4.27. The summed E-state index contributed by atoms with van der Waals surface area (Å²) in [6, 6.07) is 6.39. The van der Waals surface area contributed by atoms with Crippen LogP contribution in [0, 0.1) is 5.92 Å². The van der Waals surface area contributed by atoms with Gasteiger partial charge in [0.05, 0.1) is 0 Å². The number of aromatic hydroxyl groups is 1. The summed E-state index contributed by atoms with van der Waals surface area (Å²) in [5, 5.41) is 13.9. The highest BCUT2D eigenvalue weighted by atomic mass is 79.9. The molecule has 1 saturated carbocycles. The molecule has 0 spiro atoms. The van der Waals surface area contributed by atoms with Gasteiger partial charge in [-0.15, -0.1) is 24.8 Å². The lowest BCUT2D eigenvalue weighted by Gasteiger charge is -2.41. The van der Waals surface area contributed by atoms with Crippen LogP contribution in [0.1, 0.15) is 43.7 Å². The van der Waals surface area contributed by atoms with Crippen molar-refractivity contribution in [2.24, 2.45) is 5.92 Å². The number of nitrogens with one attached hydrogen (secondary N) is 1. The maximum absolute atomic E-state index is 10.5. The van der Waals surface area contributed by atoms with Crippen molar-refractivity contribution in [1.29, 1.82) is 0 Å². The van der Waals surface area contributed by atoms with Gasteiger partial charge in [0.25, 0.3) is 0 Å². The molecule has 1 aliphatic carbocycles. The standard InChI is InChI=1S/C17H25BrN2O.2ClH/c18-14-6-7-15(16(21)12-14)17(13-4-2-1-3-5-13)20-10-8-19-9-11-20;;/h6-7,12-13,17,19,21H,1-5,8-11H2;2*1H/t17-;;/m0../s1. The van der Waals surface area contributed by atoms with E-state index in [2.05, 4.69) is 38.3 Å². The van der Waals surface area contributed by atoms with Gasteiger partial charge in [0, 0.05) is 42.3 Å². The Kier molecular flexibility index (Phi) is 9.24. The molecule has 2 aliphatic rings. The van der Waals surface area contributed by atoms with E-state index in [9.17, 15) is 5.11 Å². The summed E-state index contributed by atoms with van der Waals surface area (Å²) in [7, 11) is 0. The van der Waals surface area contributed by atoms with E-state index in [1.807, 2.05) is 6.07 Å². The van der Waals surface area contributed by atoms with Crippen molar-refractivity contribution in [2.45, 2.75) is 38.1 Å². The second kappa shape index (κ2) is 10.1. The molecule has 2 fully saturated rings.